The minimum Gasteiger partial charge on any atom is -0.493 e. The lowest BCUT2D eigenvalue weighted by Crippen LogP contribution is -2.41. The van der Waals surface area contributed by atoms with Gasteiger partial charge < -0.3 is 9.47 Å². The van der Waals surface area contributed by atoms with E-state index in [0.717, 1.165) is 11.1 Å². The van der Waals surface area contributed by atoms with Gasteiger partial charge in [-0.25, -0.2) is 9.78 Å². The summed E-state index contributed by atoms with van der Waals surface area (Å²) >= 11 is 0. The van der Waals surface area contributed by atoms with Crippen molar-refractivity contribution in [3.8, 4) is 17.6 Å². The van der Waals surface area contributed by atoms with E-state index in [4.69, 9.17) is 14.7 Å². The van der Waals surface area contributed by atoms with Gasteiger partial charge in [0.05, 0.1) is 37.8 Å². The largest absolute Gasteiger partial charge is 0.493 e. The zero-order valence-corrected chi connectivity index (χ0v) is 18.3. The summed E-state index contributed by atoms with van der Waals surface area (Å²) in [5.41, 5.74) is 1.79. The molecule has 2 aromatic carbocycles. The van der Waals surface area contributed by atoms with Gasteiger partial charge >= 0.3 is 5.69 Å². The van der Waals surface area contributed by atoms with Crippen LogP contribution in [0.5, 0.6) is 11.5 Å². The van der Waals surface area contributed by atoms with Gasteiger partial charge in [0.1, 0.15) is 5.65 Å². The second kappa shape index (κ2) is 9.40. The lowest BCUT2D eigenvalue weighted by Gasteiger charge is -2.14. The fraction of sp³-hybridized carbons (Fsp3) is 0.200. The maximum atomic E-state index is 13.4. The van der Waals surface area contributed by atoms with E-state index >= 15 is 0 Å². The third-order valence-corrected chi connectivity index (χ3v) is 5.48. The maximum Gasteiger partial charge on any atom is 0.332 e. The van der Waals surface area contributed by atoms with E-state index in [-0.39, 0.29) is 18.6 Å². The second-order valence-electron chi connectivity index (χ2n) is 7.45. The molecular formula is C25H22N4O4. The molecule has 0 N–H and O–H groups in total. The summed E-state index contributed by atoms with van der Waals surface area (Å²) in [6.45, 7) is 0.431. The van der Waals surface area contributed by atoms with Crippen LogP contribution in [0.2, 0.25) is 0 Å². The van der Waals surface area contributed by atoms with Crippen LogP contribution in [0.1, 0.15) is 16.7 Å². The predicted molar refractivity (Wildman–Crippen MR) is 124 cm³/mol. The predicted octanol–water partition coefficient (Wildman–Crippen LogP) is 2.74. The van der Waals surface area contributed by atoms with E-state index in [2.05, 4.69) is 11.1 Å². The molecule has 0 aliphatic heterocycles. The Labute approximate surface area is 189 Å². The van der Waals surface area contributed by atoms with Crippen molar-refractivity contribution >= 4 is 11.0 Å². The van der Waals surface area contributed by atoms with Crippen LogP contribution in [0, 0.1) is 11.3 Å². The normalized spacial score (nSPS) is 10.7. The summed E-state index contributed by atoms with van der Waals surface area (Å²) in [7, 11) is 3.13. The molecule has 8 nitrogen and oxygen atoms in total. The number of rotatable bonds is 7. The van der Waals surface area contributed by atoms with E-state index in [0.29, 0.717) is 34.5 Å². The summed E-state index contributed by atoms with van der Waals surface area (Å²) in [4.78, 5) is 30.8. The molecule has 0 amide bonds. The summed E-state index contributed by atoms with van der Waals surface area (Å²) in [5, 5.41) is 9.39. The number of methoxy groups -OCH3 is 2. The molecule has 8 heteroatoms. The molecule has 0 bridgehead atoms. The topological polar surface area (TPSA) is 99.1 Å². The van der Waals surface area contributed by atoms with Crippen molar-refractivity contribution in [2.45, 2.75) is 19.5 Å². The van der Waals surface area contributed by atoms with Gasteiger partial charge in [-0.1, -0.05) is 18.2 Å². The maximum absolute atomic E-state index is 13.4. The number of ether oxygens (including phenoxy) is 2. The lowest BCUT2D eigenvalue weighted by molar-refractivity contribution is 0.354. The summed E-state index contributed by atoms with van der Waals surface area (Å²) in [6.07, 6.45) is 2.02. The Morgan fingerprint density at radius 1 is 0.939 bits per heavy atom. The van der Waals surface area contributed by atoms with E-state index < -0.39 is 5.69 Å². The van der Waals surface area contributed by atoms with Crippen molar-refractivity contribution in [1.29, 1.82) is 5.26 Å². The molecule has 0 atom stereocenters. The Balaban J connectivity index is 1.73. The van der Waals surface area contributed by atoms with Crippen LogP contribution in [0.25, 0.3) is 11.0 Å². The Kier molecular flexibility index (Phi) is 6.22. The zero-order chi connectivity index (χ0) is 23.4. The van der Waals surface area contributed by atoms with Crippen LogP contribution >= 0.6 is 0 Å². The zero-order valence-electron chi connectivity index (χ0n) is 18.3. The number of benzene rings is 2. The van der Waals surface area contributed by atoms with Crippen LogP contribution in [0.15, 0.2) is 70.4 Å². The molecule has 0 saturated carbocycles. The fourth-order valence-electron chi connectivity index (χ4n) is 3.73. The highest BCUT2D eigenvalue weighted by atomic mass is 16.5. The number of pyridine rings is 1. The number of aromatic nitrogens is 3. The van der Waals surface area contributed by atoms with E-state index in [1.54, 1.807) is 62.9 Å². The van der Waals surface area contributed by atoms with Gasteiger partial charge in [0.2, 0.25) is 0 Å². The number of hydrogen-bond acceptors (Lipinski definition) is 6. The van der Waals surface area contributed by atoms with Gasteiger partial charge in [0, 0.05) is 12.7 Å². The first-order valence-corrected chi connectivity index (χ1v) is 10.3. The molecule has 0 saturated heterocycles. The Morgan fingerprint density at radius 3 is 2.36 bits per heavy atom. The molecular weight excluding hydrogens is 420 g/mol. The van der Waals surface area contributed by atoms with Crippen molar-refractivity contribution in [2.24, 2.45) is 0 Å². The van der Waals surface area contributed by atoms with Crippen LogP contribution in [-0.2, 0) is 19.5 Å². The number of nitriles is 1. The minimum absolute atomic E-state index is 0.200. The Bertz CT molecular complexity index is 1460. The third-order valence-electron chi connectivity index (χ3n) is 5.48. The fourth-order valence-corrected chi connectivity index (χ4v) is 3.73. The molecule has 33 heavy (non-hydrogen) atoms. The smallest absolute Gasteiger partial charge is 0.332 e. The van der Waals surface area contributed by atoms with Crippen LogP contribution in [0.3, 0.4) is 0 Å². The summed E-state index contributed by atoms with van der Waals surface area (Å²) in [5.74, 6) is 1.20. The number of hydrogen-bond donors (Lipinski definition) is 0. The molecule has 0 spiro atoms. The molecule has 2 aromatic heterocycles. The monoisotopic (exact) mass is 442 g/mol. The molecule has 0 aliphatic carbocycles. The highest BCUT2D eigenvalue weighted by Crippen LogP contribution is 2.27. The van der Waals surface area contributed by atoms with Gasteiger partial charge in [0.25, 0.3) is 5.56 Å². The number of aryl methyl sites for hydroxylation is 1. The van der Waals surface area contributed by atoms with Crippen molar-refractivity contribution in [1.82, 2.24) is 14.1 Å². The Hall–Kier alpha value is -4.38. The third kappa shape index (κ3) is 4.34. The van der Waals surface area contributed by atoms with E-state index in [9.17, 15) is 9.59 Å². The van der Waals surface area contributed by atoms with Gasteiger partial charge in [-0.05, 0) is 53.9 Å². The van der Waals surface area contributed by atoms with Crippen molar-refractivity contribution in [3.05, 3.63) is 98.3 Å². The summed E-state index contributed by atoms with van der Waals surface area (Å²) < 4.78 is 13.4. The van der Waals surface area contributed by atoms with Crippen molar-refractivity contribution < 1.29 is 9.47 Å². The average molecular weight is 442 g/mol. The highest BCUT2D eigenvalue weighted by Gasteiger charge is 2.15. The molecule has 166 valence electrons. The second-order valence-corrected chi connectivity index (χ2v) is 7.45. The first-order valence-electron chi connectivity index (χ1n) is 10.3. The Morgan fingerprint density at radius 2 is 1.67 bits per heavy atom. The molecule has 0 unspecified atom stereocenters. The van der Waals surface area contributed by atoms with Crippen LogP contribution < -0.4 is 20.7 Å². The molecule has 0 aliphatic rings. The van der Waals surface area contributed by atoms with Gasteiger partial charge in [-0.15, -0.1) is 0 Å². The van der Waals surface area contributed by atoms with Crippen molar-refractivity contribution in [2.75, 3.05) is 14.2 Å². The van der Waals surface area contributed by atoms with Crippen LogP contribution in [0.4, 0.5) is 0 Å². The van der Waals surface area contributed by atoms with Gasteiger partial charge in [0.15, 0.2) is 11.5 Å². The van der Waals surface area contributed by atoms with Gasteiger partial charge in [-0.3, -0.25) is 13.9 Å². The quantitative estimate of drug-likeness (QED) is 0.436. The number of fused-ring (bicyclic) bond motifs is 1. The SMILES string of the molecule is COc1ccc(CCn2c(=O)c3cccnc3n(Cc3ccc(C#N)cc3)c2=O)cc1OC. The summed E-state index contributed by atoms with van der Waals surface area (Å²) in [6, 6.07) is 17.9. The highest BCUT2D eigenvalue weighted by molar-refractivity contribution is 5.73. The van der Waals surface area contributed by atoms with Crippen molar-refractivity contribution in [3.63, 3.8) is 0 Å². The van der Waals surface area contributed by atoms with E-state index in [1.165, 1.54) is 9.13 Å². The molecule has 0 fully saturated rings. The van der Waals surface area contributed by atoms with Gasteiger partial charge in [-0.2, -0.15) is 5.26 Å². The molecule has 4 aromatic rings. The molecule has 2 heterocycles. The number of nitrogens with zero attached hydrogens (tertiary/aromatic N) is 4. The first kappa shape index (κ1) is 21.8. The lowest BCUT2D eigenvalue weighted by atomic mass is 10.1. The molecule has 4 rings (SSSR count). The van der Waals surface area contributed by atoms with Crippen LogP contribution in [-0.4, -0.2) is 28.3 Å². The molecule has 0 radical (unpaired) electrons. The average Bonchev–Trinajstić information content (AvgIpc) is 2.86. The standard InChI is InChI=1S/C25H22N4O4/c1-32-21-10-9-17(14-22(21)33-2)11-13-28-24(30)20-4-3-12-27-23(20)29(25(28)31)16-19-7-5-18(15-26)6-8-19/h3-10,12,14H,11,13,16H2,1-2H3. The van der Waals surface area contributed by atoms with E-state index in [1.807, 2.05) is 12.1 Å². The minimum atomic E-state index is -0.434. The first-order chi connectivity index (χ1) is 16.0.